The highest BCUT2D eigenvalue weighted by molar-refractivity contribution is 5.97. The summed E-state index contributed by atoms with van der Waals surface area (Å²) in [6.07, 6.45) is 8.31. The van der Waals surface area contributed by atoms with Crippen LogP contribution in [-0.2, 0) is 6.42 Å². The van der Waals surface area contributed by atoms with Crippen molar-refractivity contribution in [3.8, 4) is 0 Å². The summed E-state index contributed by atoms with van der Waals surface area (Å²) in [5.74, 6) is 0.609. The first-order chi connectivity index (χ1) is 14.7. The number of carbonyl (C=O) groups is 1. The van der Waals surface area contributed by atoms with Gasteiger partial charge in [-0.3, -0.25) is 4.79 Å². The van der Waals surface area contributed by atoms with Crippen LogP contribution in [0.2, 0.25) is 0 Å². The molecular weight excluding hydrogens is 374 g/mol. The SMILES string of the molecule is CN(CCCNC(=O)c1ccc2nc(Cc3ccccc3)oc2c1)C1CCCCC1. The third-order valence-corrected chi connectivity index (χ3v) is 6.06. The van der Waals surface area contributed by atoms with Crippen LogP contribution in [-0.4, -0.2) is 42.0 Å². The van der Waals surface area contributed by atoms with Crippen LogP contribution in [0.25, 0.3) is 11.1 Å². The lowest BCUT2D eigenvalue weighted by Gasteiger charge is -2.31. The molecule has 1 aliphatic carbocycles. The molecule has 0 unspecified atom stereocenters. The van der Waals surface area contributed by atoms with E-state index >= 15 is 0 Å². The van der Waals surface area contributed by atoms with Crippen LogP contribution >= 0.6 is 0 Å². The summed E-state index contributed by atoms with van der Waals surface area (Å²) in [5.41, 5.74) is 3.21. The fourth-order valence-corrected chi connectivity index (χ4v) is 4.30. The minimum absolute atomic E-state index is 0.0572. The Hall–Kier alpha value is -2.66. The molecule has 1 saturated carbocycles. The molecule has 30 heavy (non-hydrogen) atoms. The molecule has 0 atom stereocenters. The lowest BCUT2D eigenvalue weighted by atomic mass is 9.94. The highest BCUT2D eigenvalue weighted by Crippen LogP contribution is 2.22. The quantitative estimate of drug-likeness (QED) is 0.547. The summed E-state index contributed by atoms with van der Waals surface area (Å²) in [6.45, 7) is 1.71. The number of hydrogen-bond acceptors (Lipinski definition) is 4. The number of oxazole rings is 1. The van der Waals surface area contributed by atoms with Crippen molar-refractivity contribution < 1.29 is 9.21 Å². The standard InChI is InChI=1S/C25H31N3O2/c1-28(21-11-6-3-7-12-21)16-8-15-26-25(29)20-13-14-22-23(18-20)30-24(27-22)17-19-9-4-2-5-10-19/h2,4-5,9-10,13-14,18,21H,3,6-8,11-12,15-17H2,1H3,(H,26,29). The highest BCUT2D eigenvalue weighted by atomic mass is 16.3. The maximum Gasteiger partial charge on any atom is 0.251 e. The second kappa shape index (κ2) is 9.90. The molecule has 0 radical (unpaired) electrons. The first-order valence-electron chi connectivity index (χ1n) is 11.1. The molecule has 1 N–H and O–H groups in total. The van der Waals surface area contributed by atoms with E-state index in [0.29, 0.717) is 36.0 Å². The third kappa shape index (κ3) is 5.28. The minimum Gasteiger partial charge on any atom is -0.440 e. The Morgan fingerprint density at radius 1 is 1.13 bits per heavy atom. The van der Waals surface area contributed by atoms with Crippen molar-refractivity contribution in [1.82, 2.24) is 15.2 Å². The first-order valence-corrected chi connectivity index (χ1v) is 11.1. The van der Waals surface area contributed by atoms with Crippen molar-refractivity contribution in [2.24, 2.45) is 0 Å². The molecule has 5 nitrogen and oxygen atoms in total. The molecule has 0 aliphatic heterocycles. The number of rotatable bonds is 8. The second-order valence-electron chi connectivity index (χ2n) is 8.33. The number of amides is 1. The van der Waals surface area contributed by atoms with Crippen LogP contribution in [0.1, 0.15) is 60.3 Å². The number of nitrogens with zero attached hydrogens (tertiary/aromatic N) is 2. The van der Waals surface area contributed by atoms with Crippen molar-refractivity contribution in [1.29, 1.82) is 0 Å². The lowest BCUT2D eigenvalue weighted by molar-refractivity contribution is 0.0950. The van der Waals surface area contributed by atoms with E-state index in [-0.39, 0.29) is 5.91 Å². The van der Waals surface area contributed by atoms with E-state index in [1.807, 2.05) is 30.3 Å². The zero-order chi connectivity index (χ0) is 20.8. The molecule has 2 aromatic carbocycles. The van der Waals surface area contributed by atoms with Gasteiger partial charge in [0, 0.05) is 24.6 Å². The summed E-state index contributed by atoms with van der Waals surface area (Å²) in [5, 5.41) is 3.04. The van der Waals surface area contributed by atoms with Gasteiger partial charge >= 0.3 is 0 Å². The van der Waals surface area contributed by atoms with Crippen LogP contribution in [0.5, 0.6) is 0 Å². The lowest BCUT2D eigenvalue weighted by Crippen LogP contribution is -2.35. The fraction of sp³-hybridized carbons (Fsp3) is 0.440. The van der Waals surface area contributed by atoms with Gasteiger partial charge in [-0.15, -0.1) is 0 Å². The minimum atomic E-state index is -0.0572. The second-order valence-corrected chi connectivity index (χ2v) is 8.33. The molecule has 3 aromatic rings. The summed E-state index contributed by atoms with van der Waals surface area (Å²) in [7, 11) is 2.21. The highest BCUT2D eigenvalue weighted by Gasteiger charge is 2.17. The number of hydrogen-bond donors (Lipinski definition) is 1. The third-order valence-electron chi connectivity index (χ3n) is 6.06. The van der Waals surface area contributed by atoms with E-state index in [2.05, 4.69) is 34.4 Å². The molecular formula is C25H31N3O2. The van der Waals surface area contributed by atoms with E-state index in [0.717, 1.165) is 24.0 Å². The average molecular weight is 406 g/mol. The largest absolute Gasteiger partial charge is 0.440 e. The predicted octanol–water partition coefficient (Wildman–Crippen LogP) is 4.80. The predicted molar refractivity (Wildman–Crippen MR) is 120 cm³/mol. The Labute approximate surface area is 178 Å². The number of fused-ring (bicyclic) bond motifs is 1. The molecule has 0 saturated heterocycles. The molecule has 1 amide bonds. The Balaban J connectivity index is 1.28. The van der Waals surface area contributed by atoms with Gasteiger partial charge in [-0.25, -0.2) is 4.98 Å². The molecule has 5 heteroatoms. The summed E-state index contributed by atoms with van der Waals surface area (Å²) >= 11 is 0. The van der Waals surface area contributed by atoms with Gasteiger partial charge in [-0.2, -0.15) is 0 Å². The van der Waals surface area contributed by atoms with Crippen LogP contribution in [0.4, 0.5) is 0 Å². The first kappa shape index (κ1) is 20.6. The van der Waals surface area contributed by atoms with Crippen molar-refractivity contribution >= 4 is 17.0 Å². The fourth-order valence-electron chi connectivity index (χ4n) is 4.30. The summed E-state index contributed by atoms with van der Waals surface area (Å²) in [6, 6.07) is 16.3. The Morgan fingerprint density at radius 2 is 1.93 bits per heavy atom. The smallest absolute Gasteiger partial charge is 0.251 e. The van der Waals surface area contributed by atoms with Crippen molar-refractivity contribution in [3.63, 3.8) is 0 Å². The van der Waals surface area contributed by atoms with Crippen molar-refractivity contribution in [2.45, 2.75) is 51.0 Å². The molecule has 0 bridgehead atoms. The van der Waals surface area contributed by atoms with E-state index in [4.69, 9.17) is 4.42 Å². The molecule has 1 heterocycles. The molecule has 4 rings (SSSR count). The van der Waals surface area contributed by atoms with Gasteiger partial charge in [0.25, 0.3) is 5.91 Å². The monoisotopic (exact) mass is 405 g/mol. The van der Waals surface area contributed by atoms with E-state index in [9.17, 15) is 4.79 Å². The number of nitrogens with one attached hydrogen (secondary N) is 1. The van der Waals surface area contributed by atoms with Gasteiger partial charge in [-0.05, 0) is 56.6 Å². The Bertz CT molecular complexity index is 961. The molecule has 158 valence electrons. The van der Waals surface area contributed by atoms with Gasteiger partial charge in [0.2, 0.25) is 0 Å². The molecule has 1 aromatic heterocycles. The summed E-state index contributed by atoms with van der Waals surface area (Å²) < 4.78 is 5.89. The van der Waals surface area contributed by atoms with Crippen molar-refractivity contribution in [3.05, 3.63) is 65.5 Å². The van der Waals surface area contributed by atoms with Crippen LogP contribution in [0.15, 0.2) is 52.9 Å². The summed E-state index contributed by atoms with van der Waals surface area (Å²) in [4.78, 5) is 19.5. The maximum atomic E-state index is 12.5. The molecule has 0 spiro atoms. The molecule has 1 fully saturated rings. The van der Waals surface area contributed by atoms with Crippen LogP contribution in [0, 0.1) is 0 Å². The van der Waals surface area contributed by atoms with Gasteiger partial charge < -0.3 is 14.6 Å². The maximum absolute atomic E-state index is 12.5. The van der Waals surface area contributed by atoms with Gasteiger partial charge in [0.05, 0.1) is 0 Å². The van der Waals surface area contributed by atoms with E-state index in [1.165, 1.54) is 32.1 Å². The topological polar surface area (TPSA) is 58.4 Å². The van der Waals surface area contributed by atoms with Crippen LogP contribution in [0.3, 0.4) is 0 Å². The number of benzene rings is 2. The van der Waals surface area contributed by atoms with Gasteiger partial charge in [0.1, 0.15) is 5.52 Å². The zero-order valence-electron chi connectivity index (χ0n) is 17.8. The van der Waals surface area contributed by atoms with Crippen molar-refractivity contribution in [2.75, 3.05) is 20.1 Å². The van der Waals surface area contributed by atoms with Crippen LogP contribution < -0.4 is 5.32 Å². The zero-order valence-corrected chi connectivity index (χ0v) is 17.8. The molecule has 1 aliphatic rings. The normalized spacial score (nSPS) is 15.0. The average Bonchev–Trinajstić information content (AvgIpc) is 3.19. The van der Waals surface area contributed by atoms with Gasteiger partial charge in [0.15, 0.2) is 11.5 Å². The van der Waals surface area contributed by atoms with Gasteiger partial charge in [-0.1, -0.05) is 49.6 Å². The Morgan fingerprint density at radius 3 is 2.73 bits per heavy atom. The van der Waals surface area contributed by atoms with E-state index in [1.54, 1.807) is 6.07 Å². The van der Waals surface area contributed by atoms with E-state index < -0.39 is 0 Å². The Kier molecular flexibility index (Phi) is 6.80. The number of aromatic nitrogens is 1. The number of carbonyl (C=O) groups excluding carboxylic acids is 1.